The minimum absolute atomic E-state index is 0.0478. The quantitative estimate of drug-likeness (QED) is 0.536. The van der Waals surface area contributed by atoms with Gasteiger partial charge in [0.1, 0.15) is 16.5 Å². The van der Waals surface area contributed by atoms with E-state index >= 15 is 4.39 Å². The van der Waals surface area contributed by atoms with E-state index in [1.54, 1.807) is 0 Å². The fraction of sp³-hybridized carbons (Fsp3) is 0.273. The van der Waals surface area contributed by atoms with Crippen molar-refractivity contribution in [2.45, 2.75) is 30.9 Å². The van der Waals surface area contributed by atoms with Crippen LogP contribution in [0.1, 0.15) is 17.0 Å². The molecule has 0 aliphatic carbocycles. The molecular formula is C22H21ClF2N2O4S. The summed E-state index contributed by atoms with van der Waals surface area (Å²) < 4.78 is 70.1. The zero-order chi connectivity index (χ0) is 22.9. The van der Waals surface area contributed by atoms with Crippen molar-refractivity contribution >= 4 is 27.3 Å². The Morgan fingerprint density at radius 1 is 1.16 bits per heavy atom. The van der Waals surface area contributed by atoms with Crippen molar-refractivity contribution in [2.24, 2.45) is 0 Å². The van der Waals surface area contributed by atoms with E-state index in [1.165, 1.54) is 25.3 Å². The van der Waals surface area contributed by atoms with Gasteiger partial charge < -0.3 is 14.0 Å². The van der Waals surface area contributed by atoms with Crippen LogP contribution < -0.4 is 9.46 Å². The molecule has 1 aliphatic rings. The Morgan fingerprint density at radius 2 is 1.97 bits per heavy atom. The molecule has 0 saturated carbocycles. The van der Waals surface area contributed by atoms with Gasteiger partial charge in [0, 0.05) is 28.5 Å². The second-order valence-electron chi connectivity index (χ2n) is 7.31. The maximum Gasteiger partial charge on any atom is 0.265 e. The van der Waals surface area contributed by atoms with E-state index in [0.29, 0.717) is 26.2 Å². The highest BCUT2D eigenvalue weighted by Crippen LogP contribution is 2.31. The zero-order valence-corrected chi connectivity index (χ0v) is 18.8. The van der Waals surface area contributed by atoms with Crippen LogP contribution >= 0.6 is 11.6 Å². The molecule has 0 bridgehead atoms. The van der Waals surface area contributed by atoms with E-state index in [1.807, 2.05) is 12.1 Å². The van der Waals surface area contributed by atoms with Crippen molar-refractivity contribution in [3.05, 3.63) is 76.1 Å². The summed E-state index contributed by atoms with van der Waals surface area (Å²) in [5.74, 6) is -1.64. The van der Waals surface area contributed by atoms with Crippen LogP contribution in [0.2, 0.25) is 5.02 Å². The number of aromatic nitrogens is 1. The van der Waals surface area contributed by atoms with Crippen LogP contribution in [0.15, 0.2) is 47.4 Å². The average Bonchev–Trinajstić information content (AvgIpc) is 3.19. The lowest BCUT2D eigenvalue weighted by Gasteiger charge is -2.19. The topological polar surface area (TPSA) is 69.6 Å². The Hall–Kier alpha value is -2.62. The van der Waals surface area contributed by atoms with Gasteiger partial charge >= 0.3 is 0 Å². The van der Waals surface area contributed by atoms with E-state index in [-0.39, 0.29) is 33.3 Å². The van der Waals surface area contributed by atoms with Crippen molar-refractivity contribution in [2.75, 3.05) is 18.4 Å². The first-order chi connectivity index (χ1) is 15.3. The standard InChI is InChI=1S/C22H21ClF2N2O4S/c1-30-20-9-2-14(23)12-21(20)32(28,29)26-19-8-7-18(24)17(22(19)25)6-5-15-3-4-16-13-31-11-10-27(15)16/h2-4,7-9,12,26H,5-6,10-11,13H2,1H3. The second-order valence-corrected chi connectivity index (χ2v) is 9.40. The van der Waals surface area contributed by atoms with Gasteiger partial charge in [-0.3, -0.25) is 4.72 Å². The predicted octanol–water partition coefficient (Wildman–Crippen LogP) is 4.54. The van der Waals surface area contributed by atoms with Crippen LogP contribution in [0.4, 0.5) is 14.5 Å². The summed E-state index contributed by atoms with van der Waals surface area (Å²) >= 11 is 5.92. The fourth-order valence-electron chi connectivity index (χ4n) is 3.74. The highest BCUT2D eigenvalue weighted by molar-refractivity contribution is 7.92. The number of anilines is 1. The van der Waals surface area contributed by atoms with Gasteiger partial charge in [-0.25, -0.2) is 17.2 Å². The first kappa shape index (κ1) is 22.6. The Morgan fingerprint density at radius 3 is 2.75 bits per heavy atom. The second kappa shape index (κ2) is 9.09. The maximum absolute atomic E-state index is 15.2. The molecular weight excluding hydrogens is 462 g/mol. The summed E-state index contributed by atoms with van der Waals surface area (Å²) in [4.78, 5) is -0.250. The number of nitrogens with one attached hydrogen (secondary N) is 1. The van der Waals surface area contributed by atoms with Gasteiger partial charge in [-0.15, -0.1) is 0 Å². The Bertz CT molecular complexity index is 1260. The monoisotopic (exact) mass is 482 g/mol. The lowest BCUT2D eigenvalue weighted by Crippen LogP contribution is -2.18. The van der Waals surface area contributed by atoms with Crippen LogP contribution in [-0.4, -0.2) is 26.7 Å². The number of rotatable bonds is 7. The molecule has 2 aromatic carbocycles. The molecule has 0 saturated heterocycles. The average molecular weight is 483 g/mol. The van der Waals surface area contributed by atoms with Crippen molar-refractivity contribution in [1.29, 1.82) is 0 Å². The molecule has 0 amide bonds. The molecule has 0 radical (unpaired) electrons. The van der Waals surface area contributed by atoms with Crippen LogP contribution in [0.3, 0.4) is 0 Å². The lowest BCUT2D eigenvalue weighted by atomic mass is 10.1. The summed E-state index contributed by atoms with van der Waals surface area (Å²) in [6.45, 7) is 1.78. The summed E-state index contributed by atoms with van der Waals surface area (Å²) in [6.07, 6.45) is 0.462. The summed E-state index contributed by atoms with van der Waals surface area (Å²) in [6, 6.07) is 10.0. The van der Waals surface area contributed by atoms with Gasteiger partial charge in [0.2, 0.25) is 0 Å². The van der Waals surface area contributed by atoms with E-state index in [2.05, 4.69) is 9.29 Å². The largest absolute Gasteiger partial charge is 0.495 e. The van der Waals surface area contributed by atoms with Crippen LogP contribution in [0.5, 0.6) is 5.75 Å². The number of fused-ring (bicyclic) bond motifs is 1. The molecule has 1 N–H and O–H groups in total. The number of aryl methyl sites for hydroxylation is 1. The molecule has 0 fully saturated rings. The Kier molecular flexibility index (Phi) is 6.41. The summed E-state index contributed by atoms with van der Waals surface area (Å²) in [5, 5.41) is 0.173. The Labute approximate surface area is 189 Å². The molecule has 170 valence electrons. The third kappa shape index (κ3) is 4.46. The number of halogens is 3. The van der Waals surface area contributed by atoms with Gasteiger partial charge in [-0.05, 0) is 55.3 Å². The molecule has 4 rings (SSSR count). The van der Waals surface area contributed by atoms with E-state index < -0.39 is 21.7 Å². The number of ether oxygens (including phenoxy) is 2. The van der Waals surface area contributed by atoms with Crippen LogP contribution in [-0.2, 0) is 40.8 Å². The third-order valence-corrected chi connectivity index (χ3v) is 6.97. The van der Waals surface area contributed by atoms with Crippen molar-refractivity contribution in [3.8, 4) is 5.75 Å². The molecule has 1 aromatic heterocycles. The van der Waals surface area contributed by atoms with Crippen molar-refractivity contribution < 1.29 is 26.7 Å². The molecule has 0 unspecified atom stereocenters. The van der Waals surface area contributed by atoms with Crippen molar-refractivity contribution in [1.82, 2.24) is 4.57 Å². The minimum atomic E-state index is -4.24. The van der Waals surface area contributed by atoms with Crippen LogP contribution in [0, 0.1) is 11.6 Å². The first-order valence-electron chi connectivity index (χ1n) is 9.88. The van der Waals surface area contributed by atoms with E-state index in [0.717, 1.165) is 23.5 Å². The number of hydrogen-bond acceptors (Lipinski definition) is 4. The van der Waals surface area contributed by atoms with Gasteiger partial charge in [-0.1, -0.05) is 11.6 Å². The van der Waals surface area contributed by atoms with Gasteiger partial charge in [-0.2, -0.15) is 0 Å². The minimum Gasteiger partial charge on any atom is -0.495 e. The third-order valence-electron chi connectivity index (χ3n) is 5.35. The summed E-state index contributed by atoms with van der Waals surface area (Å²) in [7, 11) is -2.93. The highest BCUT2D eigenvalue weighted by Gasteiger charge is 2.24. The Balaban J connectivity index is 1.60. The number of hydrogen-bond donors (Lipinski definition) is 1. The molecule has 0 atom stereocenters. The van der Waals surface area contributed by atoms with Crippen LogP contribution in [0.25, 0.3) is 0 Å². The molecule has 3 aromatic rings. The highest BCUT2D eigenvalue weighted by atomic mass is 35.5. The number of methoxy groups -OCH3 is 1. The van der Waals surface area contributed by atoms with Gasteiger partial charge in [0.25, 0.3) is 10.0 Å². The molecule has 1 aliphatic heterocycles. The van der Waals surface area contributed by atoms with Gasteiger partial charge in [0.15, 0.2) is 5.82 Å². The number of benzene rings is 2. The fourth-order valence-corrected chi connectivity index (χ4v) is 5.23. The van der Waals surface area contributed by atoms with E-state index in [9.17, 15) is 12.8 Å². The zero-order valence-electron chi connectivity index (χ0n) is 17.2. The lowest BCUT2D eigenvalue weighted by molar-refractivity contribution is 0.0840. The first-order valence-corrected chi connectivity index (χ1v) is 11.7. The molecule has 2 heterocycles. The van der Waals surface area contributed by atoms with E-state index in [4.69, 9.17) is 21.1 Å². The molecule has 6 nitrogen and oxygen atoms in total. The van der Waals surface area contributed by atoms with Crippen molar-refractivity contribution in [3.63, 3.8) is 0 Å². The smallest absolute Gasteiger partial charge is 0.265 e. The molecule has 0 spiro atoms. The molecule has 10 heteroatoms. The molecule has 32 heavy (non-hydrogen) atoms. The number of nitrogens with zero attached hydrogens (tertiary/aromatic N) is 1. The summed E-state index contributed by atoms with van der Waals surface area (Å²) in [5.41, 5.74) is 1.42. The normalized spacial score (nSPS) is 13.6. The number of sulfonamides is 1. The maximum atomic E-state index is 15.2. The predicted molar refractivity (Wildman–Crippen MR) is 117 cm³/mol. The van der Waals surface area contributed by atoms with Gasteiger partial charge in [0.05, 0.1) is 26.0 Å². The SMILES string of the molecule is COc1ccc(Cl)cc1S(=O)(=O)Nc1ccc(F)c(CCc2ccc3n2CCOC3)c1F.